The Labute approximate surface area is 129 Å². The van der Waals surface area contributed by atoms with Crippen molar-refractivity contribution in [2.45, 2.75) is 38.3 Å². The van der Waals surface area contributed by atoms with Crippen molar-refractivity contribution in [3.05, 3.63) is 30.3 Å². The maximum Gasteiger partial charge on any atom is 0.258 e. The molecule has 0 bridgehead atoms. The van der Waals surface area contributed by atoms with Gasteiger partial charge in [0.15, 0.2) is 6.61 Å². The topological polar surface area (TPSA) is 84.5 Å². The number of para-hydroxylation sites is 1. The average Bonchev–Trinajstić information content (AvgIpc) is 2.55. The highest BCUT2D eigenvalue weighted by Crippen LogP contribution is 2.13. The Bertz CT molecular complexity index is 544. The van der Waals surface area contributed by atoms with Crippen LogP contribution in [0.4, 0.5) is 0 Å². The molecule has 2 amide bonds. The van der Waals surface area contributed by atoms with E-state index in [0.717, 1.165) is 0 Å². The van der Waals surface area contributed by atoms with Crippen LogP contribution < -0.4 is 15.4 Å². The number of benzene rings is 1. The second-order valence-corrected chi connectivity index (χ2v) is 5.19. The zero-order chi connectivity index (χ0) is 15.9. The highest BCUT2D eigenvalue weighted by molar-refractivity contribution is 5.93. The molecule has 0 aromatic heterocycles. The predicted molar refractivity (Wildman–Crippen MR) is 80.3 cm³/mol. The summed E-state index contributed by atoms with van der Waals surface area (Å²) in [6, 6.07) is 8.24. The van der Waals surface area contributed by atoms with E-state index in [1.807, 2.05) is 25.1 Å². The minimum Gasteiger partial charge on any atom is -0.484 e. The number of β-lactam (4-membered cyclic amide) rings is 1. The van der Waals surface area contributed by atoms with Crippen LogP contribution >= 0.6 is 0 Å². The number of hydrogen-bond donors (Lipinski definition) is 2. The molecule has 6 nitrogen and oxygen atoms in total. The molecular formula is C16H20N2O4. The highest BCUT2D eigenvalue weighted by atomic mass is 16.5. The van der Waals surface area contributed by atoms with E-state index in [-0.39, 0.29) is 30.2 Å². The van der Waals surface area contributed by atoms with Crippen LogP contribution in [0.15, 0.2) is 30.3 Å². The van der Waals surface area contributed by atoms with Crippen LogP contribution in [0, 0.1) is 0 Å². The van der Waals surface area contributed by atoms with E-state index in [4.69, 9.17) is 4.74 Å². The fraction of sp³-hybridized carbons (Fsp3) is 0.438. The summed E-state index contributed by atoms with van der Waals surface area (Å²) in [4.78, 5) is 34.6. The van der Waals surface area contributed by atoms with Gasteiger partial charge in [-0.2, -0.15) is 0 Å². The summed E-state index contributed by atoms with van der Waals surface area (Å²) in [5.74, 6) is 0.178. The van der Waals surface area contributed by atoms with E-state index < -0.39 is 6.04 Å². The molecule has 1 saturated heterocycles. The van der Waals surface area contributed by atoms with E-state index >= 15 is 0 Å². The Kier molecular flexibility index (Phi) is 5.52. The fourth-order valence-corrected chi connectivity index (χ4v) is 2.22. The normalized spacial score (nSPS) is 19.8. The third-order valence-corrected chi connectivity index (χ3v) is 3.57. The van der Waals surface area contributed by atoms with E-state index in [9.17, 15) is 14.4 Å². The largest absolute Gasteiger partial charge is 0.484 e. The third kappa shape index (κ3) is 4.31. The molecule has 6 heteroatoms. The van der Waals surface area contributed by atoms with Crippen molar-refractivity contribution in [3.63, 3.8) is 0 Å². The Morgan fingerprint density at radius 2 is 2.00 bits per heavy atom. The second kappa shape index (κ2) is 7.59. The van der Waals surface area contributed by atoms with E-state index in [1.54, 1.807) is 12.1 Å². The number of amides is 2. The summed E-state index contributed by atoms with van der Waals surface area (Å²) >= 11 is 0. The Morgan fingerprint density at radius 3 is 2.64 bits per heavy atom. The van der Waals surface area contributed by atoms with E-state index in [0.29, 0.717) is 25.0 Å². The summed E-state index contributed by atoms with van der Waals surface area (Å²) < 4.78 is 5.33. The number of carbonyl (C=O) groups is 3. The maximum absolute atomic E-state index is 11.8. The lowest BCUT2D eigenvalue weighted by molar-refractivity contribution is -0.137. The second-order valence-electron chi connectivity index (χ2n) is 5.19. The van der Waals surface area contributed by atoms with Gasteiger partial charge in [-0.25, -0.2) is 0 Å². The Balaban J connectivity index is 1.75. The SMILES string of the molecule is CCC(=O)CC[C@H]1NC(=O)[C@H]1NC(=O)COc1ccccc1. The van der Waals surface area contributed by atoms with Gasteiger partial charge in [0.05, 0.1) is 6.04 Å². The minimum absolute atomic E-state index is 0.144. The fourth-order valence-electron chi connectivity index (χ4n) is 2.22. The molecule has 0 spiro atoms. The lowest BCUT2D eigenvalue weighted by Crippen LogP contribution is -2.69. The van der Waals surface area contributed by atoms with Crippen molar-refractivity contribution >= 4 is 17.6 Å². The van der Waals surface area contributed by atoms with E-state index in [1.165, 1.54) is 0 Å². The number of ketones is 1. The molecule has 1 aromatic rings. The number of hydrogen-bond acceptors (Lipinski definition) is 4. The molecule has 2 atom stereocenters. The van der Waals surface area contributed by atoms with Gasteiger partial charge in [-0.15, -0.1) is 0 Å². The molecule has 0 radical (unpaired) electrons. The zero-order valence-electron chi connectivity index (χ0n) is 12.5. The van der Waals surface area contributed by atoms with Crippen LogP contribution in [-0.2, 0) is 14.4 Å². The molecule has 0 saturated carbocycles. The summed E-state index contributed by atoms with van der Waals surface area (Å²) in [6.45, 7) is 1.66. The summed E-state index contributed by atoms with van der Waals surface area (Å²) in [6.07, 6.45) is 1.44. The van der Waals surface area contributed by atoms with Gasteiger partial charge >= 0.3 is 0 Å². The van der Waals surface area contributed by atoms with E-state index in [2.05, 4.69) is 10.6 Å². The number of ether oxygens (including phenoxy) is 1. The van der Waals surface area contributed by atoms with Crippen molar-refractivity contribution in [1.29, 1.82) is 0 Å². The van der Waals surface area contributed by atoms with Crippen molar-refractivity contribution in [1.82, 2.24) is 10.6 Å². The first-order chi connectivity index (χ1) is 10.6. The van der Waals surface area contributed by atoms with Gasteiger partial charge < -0.3 is 15.4 Å². The van der Waals surface area contributed by atoms with Gasteiger partial charge in [-0.3, -0.25) is 14.4 Å². The van der Waals surface area contributed by atoms with Crippen molar-refractivity contribution in [3.8, 4) is 5.75 Å². The van der Waals surface area contributed by atoms with Crippen molar-refractivity contribution in [2.75, 3.05) is 6.61 Å². The first-order valence-corrected chi connectivity index (χ1v) is 7.39. The Hall–Kier alpha value is -2.37. The number of Topliss-reactive ketones (excluding diaryl/α,β-unsaturated/α-hetero) is 1. The van der Waals surface area contributed by atoms with Crippen LogP contribution in [0.2, 0.25) is 0 Å². The lowest BCUT2D eigenvalue weighted by atomic mass is 9.93. The van der Waals surface area contributed by atoms with Gasteiger partial charge in [0, 0.05) is 12.8 Å². The molecule has 0 unspecified atom stereocenters. The lowest BCUT2D eigenvalue weighted by Gasteiger charge is -2.37. The summed E-state index contributed by atoms with van der Waals surface area (Å²) in [7, 11) is 0. The predicted octanol–water partition coefficient (Wildman–Crippen LogP) is 0.808. The average molecular weight is 304 g/mol. The molecule has 22 heavy (non-hydrogen) atoms. The minimum atomic E-state index is -0.573. The van der Waals surface area contributed by atoms with Gasteiger partial charge in [-0.05, 0) is 18.6 Å². The number of rotatable bonds is 8. The smallest absolute Gasteiger partial charge is 0.258 e. The maximum atomic E-state index is 11.8. The van der Waals surface area contributed by atoms with Gasteiger partial charge in [0.2, 0.25) is 5.91 Å². The first-order valence-electron chi connectivity index (χ1n) is 7.39. The van der Waals surface area contributed by atoms with Gasteiger partial charge in [-0.1, -0.05) is 25.1 Å². The first kappa shape index (κ1) is 16.0. The monoisotopic (exact) mass is 304 g/mol. The van der Waals surface area contributed by atoms with Crippen LogP contribution in [0.5, 0.6) is 5.75 Å². The highest BCUT2D eigenvalue weighted by Gasteiger charge is 2.39. The zero-order valence-corrected chi connectivity index (χ0v) is 12.5. The number of carbonyl (C=O) groups excluding carboxylic acids is 3. The third-order valence-electron chi connectivity index (χ3n) is 3.57. The molecule has 0 aliphatic carbocycles. The van der Waals surface area contributed by atoms with Gasteiger partial charge in [0.25, 0.3) is 5.91 Å². The summed E-state index contributed by atoms with van der Waals surface area (Å²) in [5.41, 5.74) is 0. The summed E-state index contributed by atoms with van der Waals surface area (Å²) in [5, 5.41) is 5.35. The standard InChI is InChI=1S/C16H20N2O4/c1-2-11(19)8-9-13-15(16(21)17-13)18-14(20)10-22-12-6-4-3-5-7-12/h3-7,13,15H,2,8-10H2,1H3,(H,17,21)(H,18,20)/t13-,15+/m1/s1. The van der Waals surface area contributed by atoms with Crippen molar-refractivity contribution in [2.24, 2.45) is 0 Å². The molecular weight excluding hydrogens is 284 g/mol. The van der Waals surface area contributed by atoms with Crippen LogP contribution in [0.1, 0.15) is 26.2 Å². The Morgan fingerprint density at radius 1 is 1.27 bits per heavy atom. The molecule has 1 aliphatic heterocycles. The van der Waals surface area contributed by atoms with Gasteiger partial charge in [0.1, 0.15) is 17.6 Å². The van der Waals surface area contributed by atoms with Crippen LogP contribution in [0.25, 0.3) is 0 Å². The molecule has 118 valence electrons. The van der Waals surface area contributed by atoms with Crippen molar-refractivity contribution < 1.29 is 19.1 Å². The molecule has 1 heterocycles. The quantitative estimate of drug-likeness (QED) is 0.696. The van der Waals surface area contributed by atoms with Crippen LogP contribution in [-0.4, -0.2) is 36.3 Å². The molecule has 1 aliphatic rings. The molecule has 1 aromatic carbocycles. The van der Waals surface area contributed by atoms with Crippen LogP contribution in [0.3, 0.4) is 0 Å². The molecule has 1 fully saturated rings. The molecule has 2 N–H and O–H groups in total. The number of nitrogens with one attached hydrogen (secondary N) is 2. The molecule has 2 rings (SSSR count).